The third kappa shape index (κ3) is 4.72. The van der Waals surface area contributed by atoms with Crippen LogP contribution in [0.1, 0.15) is 35.2 Å². The number of nitrogens with one attached hydrogen (secondary N) is 1. The molecular weight excluding hydrogens is 310 g/mol. The first-order chi connectivity index (χ1) is 9.89. The van der Waals surface area contributed by atoms with Gasteiger partial charge >= 0.3 is 5.97 Å². The number of thioether (sulfide) groups is 1. The average molecular weight is 329 g/mol. The standard InChI is InChI=1S/C14H19NO4S2/c1-20-13-6-5-12(8-13)15-21(18,19)9-10-3-2-4-11(7-10)14(16)17/h2-4,7,12-13,15H,5-6,8-9H2,1H3,(H,16,17). The van der Waals surface area contributed by atoms with E-state index in [0.29, 0.717) is 10.8 Å². The molecule has 1 saturated carbocycles. The molecule has 2 N–H and O–H groups in total. The van der Waals surface area contributed by atoms with Crippen LogP contribution in [-0.2, 0) is 15.8 Å². The van der Waals surface area contributed by atoms with Crippen molar-refractivity contribution in [3.63, 3.8) is 0 Å². The van der Waals surface area contributed by atoms with Crippen LogP contribution in [0.3, 0.4) is 0 Å². The number of benzene rings is 1. The molecule has 1 aromatic carbocycles. The minimum Gasteiger partial charge on any atom is -0.478 e. The fourth-order valence-electron chi connectivity index (χ4n) is 2.57. The number of aromatic carboxylic acids is 1. The van der Waals surface area contributed by atoms with Crippen LogP contribution in [0.25, 0.3) is 0 Å². The zero-order chi connectivity index (χ0) is 15.5. The summed E-state index contributed by atoms with van der Waals surface area (Å²) in [5.41, 5.74) is 0.591. The highest BCUT2D eigenvalue weighted by Crippen LogP contribution is 2.28. The van der Waals surface area contributed by atoms with Crippen molar-refractivity contribution < 1.29 is 18.3 Å². The Morgan fingerprint density at radius 1 is 1.43 bits per heavy atom. The Labute approximate surface area is 129 Å². The summed E-state index contributed by atoms with van der Waals surface area (Å²) in [7, 11) is -3.44. The molecule has 2 unspecified atom stereocenters. The Bertz CT molecular complexity index is 615. The van der Waals surface area contributed by atoms with Gasteiger partial charge in [0.25, 0.3) is 0 Å². The first-order valence-electron chi connectivity index (χ1n) is 6.74. The van der Waals surface area contributed by atoms with E-state index in [1.165, 1.54) is 12.1 Å². The third-order valence-corrected chi connectivity index (χ3v) is 6.10. The van der Waals surface area contributed by atoms with E-state index in [2.05, 4.69) is 4.72 Å². The van der Waals surface area contributed by atoms with Crippen molar-refractivity contribution in [3.05, 3.63) is 35.4 Å². The van der Waals surface area contributed by atoms with Gasteiger partial charge in [-0.25, -0.2) is 17.9 Å². The molecule has 7 heteroatoms. The third-order valence-electron chi connectivity index (χ3n) is 3.59. The second kappa shape index (κ2) is 6.81. The van der Waals surface area contributed by atoms with Gasteiger partial charge in [0.1, 0.15) is 0 Å². The minimum atomic E-state index is -3.44. The van der Waals surface area contributed by atoms with Gasteiger partial charge < -0.3 is 5.11 Å². The van der Waals surface area contributed by atoms with Crippen molar-refractivity contribution in [1.29, 1.82) is 0 Å². The molecule has 1 fully saturated rings. The first-order valence-corrected chi connectivity index (χ1v) is 9.68. The molecule has 0 spiro atoms. The number of carbonyl (C=O) groups is 1. The molecule has 0 aliphatic heterocycles. The molecule has 0 saturated heterocycles. The van der Waals surface area contributed by atoms with Crippen LogP contribution in [0.15, 0.2) is 24.3 Å². The summed E-state index contributed by atoms with van der Waals surface area (Å²) >= 11 is 1.77. The summed E-state index contributed by atoms with van der Waals surface area (Å²) in [6, 6.07) is 6.04. The molecular formula is C14H19NO4S2. The van der Waals surface area contributed by atoms with E-state index < -0.39 is 16.0 Å². The normalized spacial score (nSPS) is 22.3. The zero-order valence-electron chi connectivity index (χ0n) is 11.8. The van der Waals surface area contributed by atoms with Gasteiger partial charge in [-0.2, -0.15) is 11.8 Å². The fraction of sp³-hybridized carbons (Fsp3) is 0.500. The number of hydrogen-bond donors (Lipinski definition) is 2. The quantitative estimate of drug-likeness (QED) is 0.835. The topological polar surface area (TPSA) is 83.5 Å². The molecule has 0 amide bonds. The average Bonchev–Trinajstić information content (AvgIpc) is 2.85. The summed E-state index contributed by atoms with van der Waals surface area (Å²) in [6.45, 7) is 0. The van der Waals surface area contributed by atoms with Crippen LogP contribution in [-0.4, -0.2) is 37.0 Å². The van der Waals surface area contributed by atoms with Crippen LogP contribution in [0.4, 0.5) is 0 Å². The Kier molecular flexibility index (Phi) is 5.29. The Balaban J connectivity index is 2.01. The molecule has 2 atom stereocenters. The predicted octanol–water partition coefficient (Wildman–Crippen LogP) is 2.09. The van der Waals surface area contributed by atoms with Crippen LogP contribution < -0.4 is 4.72 Å². The van der Waals surface area contributed by atoms with Gasteiger partial charge in [-0.1, -0.05) is 12.1 Å². The lowest BCUT2D eigenvalue weighted by Crippen LogP contribution is -2.34. The zero-order valence-corrected chi connectivity index (χ0v) is 13.4. The van der Waals surface area contributed by atoms with Crippen LogP contribution in [0, 0.1) is 0 Å². The van der Waals surface area contributed by atoms with E-state index in [1.54, 1.807) is 23.9 Å². The lowest BCUT2D eigenvalue weighted by atomic mass is 10.1. The predicted molar refractivity (Wildman–Crippen MR) is 84.1 cm³/mol. The van der Waals surface area contributed by atoms with Crippen molar-refractivity contribution in [1.82, 2.24) is 4.72 Å². The molecule has 0 bridgehead atoms. The van der Waals surface area contributed by atoms with Crippen molar-refractivity contribution in [2.45, 2.75) is 36.3 Å². The maximum Gasteiger partial charge on any atom is 0.335 e. The highest BCUT2D eigenvalue weighted by atomic mass is 32.2. The molecule has 116 valence electrons. The van der Waals surface area contributed by atoms with E-state index >= 15 is 0 Å². The van der Waals surface area contributed by atoms with Crippen LogP contribution >= 0.6 is 11.8 Å². The minimum absolute atomic E-state index is 0.00453. The van der Waals surface area contributed by atoms with Gasteiger partial charge in [0.15, 0.2) is 0 Å². The Hall–Kier alpha value is -1.05. The second-order valence-corrected chi connectivity index (χ2v) is 8.14. The van der Waals surface area contributed by atoms with Crippen LogP contribution in [0.2, 0.25) is 0 Å². The Morgan fingerprint density at radius 2 is 2.19 bits per heavy atom. The van der Waals surface area contributed by atoms with Crippen molar-refractivity contribution in [3.8, 4) is 0 Å². The molecule has 5 nitrogen and oxygen atoms in total. The number of hydrogen-bond acceptors (Lipinski definition) is 4. The lowest BCUT2D eigenvalue weighted by molar-refractivity contribution is 0.0696. The summed E-state index contributed by atoms with van der Waals surface area (Å²) in [5, 5.41) is 9.45. The largest absolute Gasteiger partial charge is 0.478 e. The smallest absolute Gasteiger partial charge is 0.335 e. The highest BCUT2D eigenvalue weighted by molar-refractivity contribution is 7.99. The maximum absolute atomic E-state index is 12.2. The number of carboxylic acids is 1. The van der Waals surface area contributed by atoms with Gasteiger partial charge in [0.05, 0.1) is 11.3 Å². The van der Waals surface area contributed by atoms with E-state index in [-0.39, 0.29) is 17.4 Å². The first kappa shape index (κ1) is 16.3. The number of rotatable bonds is 6. The van der Waals surface area contributed by atoms with Crippen LogP contribution in [0.5, 0.6) is 0 Å². The summed E-state index contributed by atoms with van der Waals surface area (Å²) < 4.78 is 27.1. The van der Waals surface area contributed by atoms with Gasteiger partial charge in [-0.15, -0.1) is 0 Å². The number of sulfonamides is 1. The monoisotopic (exact) mass is 329 g/mol. The van der Waals surface area contributed by atoms with Crippen molar-refractivity contribution in [2.75, 3.05) is 6.26 Å². The second-order valence-electron chi connectivity index (χ2n) is 5.25. The molecule has 0 aromatic heterocycles. The van der Waals surface area contributed by atoms with Gasteiger partial charge in [-0.05, 0) is 43.2 Å². The van der Waals surface area contributed by atoms with E-state index in [9.17, 15) is 13.2 Å². The molecule has 1 aliphatic rings. The molecule has 0 radical (unpaired) electrons. The fourth-order valence-corrected chi connectivity index (χ4v) is 4.79. The van der Waals surface area contributed by atoms with Gasteiger partial charge in [0.2, 0.25) is 10.0 Å². The Morgan fingerprint density at radius 3 is 2.81 bits per heavy atom. The van der Waals surface area contributed by atoms with Crippen molar-refractivity contribution in [2.24, 2.45) is 0 Å². The molecule has 21 heavy (non-hydrogen) atoms. The van der Waals surface area contributed by atoms with Crippen molar-refractivity contribution >= 4 is 27.8 Å². The summed E-state index contributed by atoms with van der Waals surface area (Å²) in [6.07, 6.45) is 4.79. The SMILES string of the molecule is CSC1CCC(NS(=O)(=O)Cc2cccc(C(=O)O)c2)C1. The molecule has 1 aromatic rings. The summed E-state index contributed by atoms with van der Waals surface area (Å²) in [4.78, 5) is 10.9. The summed E-state index contributed by atoms with van der Waals surface area (Å²) in [5.74, 6) is -1.24. The van der Waals surface area contributed by atoms with E-state index in [0.717, 1.165) is 19.3 Å². The van der Waals surface area contributed by atoms with Gasteiger partial charge in [-0.3, -0.25) is 0 Å². The van der Waals surface area contributed by atoms with E-state index in [4.69, 9.17) is 5.11 Å². The lowest BCUT2D eigenvalue weighted by Gasteiger charge is -2.13. The maximum atomic E-state index is 12.2. The molecule has 2 rings (SSSR count). The number of carboxylic acid groups (broad SMARTS) is 1. The van der Waals surface area contributed by atoms with E-state index in [1.807, 2.05) is 6.26 Å². The highest BCUT2D eigenvalue weighted by Gasteiger charge is 2.27. The molecule has 1 aliphatic carbocycles. The van der Waals surface area contributed by atoms with Gasteiger partial charge in [0, 0.05) is 11.3 Å². The molecule has 0 heterocycles.